The number of nitrogens with zero attached hydrogens (tertiary/aromatic N) is 1. The van der Waals surface area contributed by atoms with Gasteiger partial charge in [-0.05, 0) is 25.5 Å². The summed E-state index contributed by atoms with van der Waals surface area (Å²) < 4.78 is 0. The van der Waals surface area contributed by atoms with E-state index < -0.39 is 0 Å². The van der Waals surface area contributed by atoms with E-state index >= 15 is 0 Å². The Labute approximate surface area is 126 Å². The molecule has 4 heteroatoms. The molecule has 0 aliphatic carbocycles. The van der Waals surface area contributed by atoms with Gasteiger partial charge in [-0.1, -0.05) is 13.8 Å². The summed E-state index contributed by atoms with van der Waals surface area (Å²) in [5.41, 5.74) is 1.53. The average molecular weight is 299 g/mol. The van der Waals surface area contributed by atoms with Crippen LogP contribution in [0.2, 0.25) is 0 Å². The number of rotatable bonds is 5. The molecule has 1 aromatic rings. The molecule has 1 N–H and O–H groups in total. The van der Waals surface area contributed by atoms with Crippen LogP contribution >= 0.6 is 23.1 Å². The Balaban J connectivity index is 1.96. The van der Waals surface area contributed by atoms with Gasteiger partial charge in [-0.3, -0.25) is 4.90 Å². The zero-order valence-corrected chi connectivity index (χ0v) is 14.2. The van der Waals surface area contributed by atoms with Crippen LogP contribution in [0.15, 0.2) is 6.07 Å². The van der Waals surface area contributed by atoms with E-state index in [0.29, 0.717) is 6.04 Å². The Morgan fingerprint density at radius 1 is 1.47 bits per heavy atom. The van der Waals surface area contributed by atoms with Crippen LogP contribution in [-0.2, 0) is 13.1 Å². The summed E-state index contributed by atoms with van der Waals surface area (Å²) in [5.74, 6) is 2.57. The van der Waals surface area contributed by atoms with Crippen molar-refractivity contribution >= 4 is 23.1 Å². The van der Waals surface area contributed by atoms with Gasteiger partial charge < -0.3 is 5.32 Å². The molecular weight excluding hydrogens is 272 g/mol. The topological polar surface area (TPSA) is 15.3 Å². The van der Waals surface area contributed by atoms with Crippen molar-refractivity contribution in [3.63, 3.8) is 0 Å². The average Bonchev–Trinajstić information content (AvgIpc) is 2.71. The van der Waals surface area contributed by atoms with Crippen LogP contribution in [0.1, 0.15) is 36.1 Å². The van der Waals surface area contributed by atoms with Gasteiger partial charge in [0.05, 0.1) is 0 Å². The van der Waals surface area contributed by atoms with E-state index in [2.05, 4.69) is 55.7 Å². The predicted molar refractivity (Wildman–Crippen MR) is 88.2 cm³/mol. The molecular formula is C15H26N2S2. The lowest BCUT2D eigenvalue weighted by Gasteiger charge is -2.32. The quantitative estimate of drug-likeness (QED) is 0.896. The number of aryl methyl sites for hydroxylation is 1. The monoisotopic (exact) mass is 298 g/mol. The molecule has 0 aromatic carbocycles. The lowest BCUT2D eigenvalue weighted by atomic mass is 10.2. The number of hydrogen-bond acceptors (Lipinski definition) is 4. The third-order valence-electron chi connectivity index (χ3n) is 3.63. The Morgan fingerprint density at radius 3 is 2.95 bits per heavy atom. The number of nitrogens with one attached hydrogen (secondary N) is 1. The largest absolute Gasteiger partial charge is 0.310 e. The van der Waals surface area contributed by atoms with E-state index in [0.717, 1.165) is 19.1 Å². The molecule has 1 unspecified atom stereocenters. The minimum absolute atomic E-state index is 0.560. The van der Waals surface area contributed by atoms with Crippen molar-refractivity contribution in [3.8, 4) is 0 Å². The first-order valence-corrected chi connectivity index (χ1v) is 9.16. The highest BCUT2D eigenvalue weighted by atomic mass is 32.2. The highest BCUT2D eigenvalue weighted by Gasteiger charge is 2.19. The van der Waals surface area contributed by atoms with Crippen molar-refractivity contribution in [2.45, 2.75) is 52.9 Å². The second-order valence-electron chi connectivity index (χ2n) is 5.72. The molecule has 0 radical (unpaired) electrons. The lowest BCUT2D eigenvalue weighted by Crippen LogP contribution is -2.39. The van der Waals surface area contributed by atoms with Crippen molar-refractivity contribution in [1.82, 2.24) is 10.2 Å². The van der Waals surface area contributed by atoms with Crippen LogP contribution in [0.4, 0.5) is 0 Å². The molecule has 2 rings (SSSR count). The molecule has 2 heterocycles. The summed E-state index contributed by atoms with van der Waals surface area (Å²) in [6.07, 6.45) is 0. The summed E-state index contributed by atoms with van der Waals surface area (Å²) in [5, 5.41) is 3.51. The van der Waals surface area contributed by atoms with Gasteiger partial charge in [-0.25, -0.2) is 0 Å². The molecule has 1 fully saturated rings. The molecule has 1 aliphatic heterocycles. The minimum Gasteiger partial charge on any atom is -0.310 e. The molecule has 108 valence electrons. The molecule has 1 saturated heterocycles. The second kappa shape index (κ2) is 7.11. The maximum atomic E-state index is 3.51. The summed E-state index contributed by atoms with van der Waals surface area (Å²) >= 11 is 4.04. The first-order chi connectivity index (χ1) is 9.06. The van der Waals surface area contributed by atoms with Gasteiger partial charge in [0.15, 0.2) is 0 Å². The number of thioether (sulfide) groups is 1. The summed E-state index contributed by atoms with van der Waals surface area (Å²) in [6, 6.07) is 3.68. The van der Waals surface area contributed by atoms with E-state index in [1.54, 1.807) is 0 Å². The SMILES string of the molecule is Cc1sc(CNC(C)C)cc1CN1CCSCC1C. The molecule has 19 heavy (non-hydrogen) atoms. The highest BCUT2D eigenvalue weighted by molar-refractivity contribution is 7.99. The molecule has 0 spiro atoms. The Hall–Kier alpha value is -0.0300. The van der Waals surface area contributed by atoms with Crippen molar-refractivity contribution in [1.29, 1.82) is 0 Å². The fourth-order valence-electron chi connectivity index (χ4n) is 2.35. The summed E-state index contributed by atoms with van der Waals surface area (Å²) in [4.78, 5) is 5.59. The van der Waals surface area contributed by atoms with E-state index in [9.17, 15) is 0 Å². The standard InChI is InChI=1S/C15H26N2S2/c1-11(2)16-8-15-7-14(13(4)19-15)9-17-5-6-18-10-12(17)3/h7,11-12,16H,5-6,8-10H2,1-4H3. The van der Waals surface area contributed by atoms with Gasteiger partial charge in [0, 0.05) is 53.0 Å². The smallest absolute Gasteiger partial charge is 0.0302 e. The number of thiophene rings is 1. The molecule has 0 bridgehead atoms. The maximum Gasteiger partial charge on any atom is 0.0302 e. The first-order valence-electron chi connectivity index (χ1n) is 7.19. The highest BCUT2D eigenvalue weighted by Crippen LogP contribution is 2.25. The normalized spacial score (nSPS) is 21.2. The van der Waals surface area contributed by atoms with Crippen LogP contribution in [0.5, 0.6) is 0 Å². The lowest BCUT2D eigenvalue weighted by molar-refractivity contribution is 0.224. The van der Waals surface area contributed by atoms with Crippen LogP contribution < -0.4 is 5.32 Å². The zero-order valence-electron chi connectivity index (χ0n) is 12.5. The molecule has 2 nitrogen and oxygen atoms in total. The second-order valence-corrected chi connectivity index (χ2v) is 8.21. The van der Waals surface area contributed by atoms with Crippen LogP contribution in [0.25, 0.3) is 0 Å². The molecule has 1 atom stereocenters. The maximum absolute atomic E-state index is 3.51. The fraction of sp³-hybridized carbons (Fsp3) is 0.733. The third-order valence-corrected chi connectivity index (χ3v) is 5.92. The van der Waals surface area contributed by atoms with Crippen LogP contribution in [-0.4, -0.2) is 35.0 Å². The van der Waals surface area contributed by atoms with Crippen molar-refractivity contribution in [2.24, 2.45) is 0 Å². The van der Waals surface area contributed by atoms with Crippen LogP contribution in [0.3, 0.4) is 0 Å². The van der Waals surface area contributed by atoms with Gasteiger partial charge >= 0.3 is 0 Å². The van der Waals surface area contributed by atoms with E-state index in [1.165, 1.54) is 33.4 Å². The summed E-state index contributed by atoms with van der Waals surface area (Å²) in [7, 11) is 0. The van der Waals surface area contributed by atoms with E-state index in [-0.39, 0.29) is 0 Å². The van der Waals surface area contributed by atoms with Crippen LogP contribution in [0, 0.1) is 6.92 Å². The molecule has 1 aromatic heterocycles. The van der Waals surface area contributed by atoms with Gasteiger partial charge in [0.2, 0.25) is 0 Å². The molecule has 0 amide bonds. The Kier molecular flexibility index (Phi) is 5.75. The van der Waals surface area contributed by atoms with Gasteiger partial charge in [0.1, 0.15) is 0 Å². The minimum atomic E-state index is 0.560. The van der Waals surface area contributed by atoms with E-state index in [4.69, 9.17) is 0 Å². The predicted octanol–water partition coefficient (Wildman–Crippen LogP) is 3.49. The number of hydrogen-bond donors (Lipinski definition) is 1. The Bertz CT molecular complexity index is 401. The van der Waals surface area contributed by atoms with Crippen molar-refractivity contribution < 1.29 is 0 Å². The Morgan fingerprint density at radius 2 is 2.26 bits per heavy atom. The van der Waals surface area contributed by atoms with Crippen molar-refractivity contribution in [3.05, 3.63) is 21.4 Å². The van der Waals surface area contributed by atoms with Gasteiger partial charge in [-0.2, -0.15) is 11.8 Å². The first kappa shape index (κ1) is 15.4. The summed E-state index contributed by atoms with van der Waals surface area (Å²) in [6.45, 7) is 12.4. The fourth-order valence-corrected chi connectivity index (χ4v) is 4.44. The molecule has 1 aliphatic rings. The van der Waals surface area contributed by atoms with E-state index in [1.807, 2.05) is 11.3 Å². The van der Waals surface area contributed by atoms with Gasteiger partial charge in [-0.15, -0.1) is 11.3 Å². The third kappa shape index (κ3) is 4.48. The van der Waals surface area contributed by atoms with Gasteiger partial charge in [0.25, 0.3) is 0 Å². The van der Waals surface area contributed by atoms with Crippen molar-refractivity contribution in [2.75, 3.05) is 18.1 Å². The zero-order chi connectivity index (χ0) is 13.8. The molecule has 0 saturated carbocycles.